The SMILES string of the molecule is CCOC(=O)c1sc2cccc(F)c2c1COC(=O)c1cc[n+]([O-])cc1. The molecule has 2 heterocycles. The summed E-state index contributed by atoms with van der Waals surface area (Å²) < 4.78 is 25.6. The lowest BCUT2D eigenvalue weighted by Gasteiger charge is -2.07. The van der Waals surface area contributed by atoms with Crippen molar-refractivity contribution in [3.8, 4) is 0 Å². The molecule has 26 heavy (non-hydrogen) atoms. The first-order valence-electron chi connectivity index (χ1n) is 7.74. The van der Waals surface area contributed by atoms with E-state index in [1.54, 1.807) is 19.1 Å². The number of thiophene rings is 1. The number of halogens is 1. The molecule has 0 N–H and O–H groups in total. The molecule has 0 radical (unpaired) electrons. The van der Waals surface area contributed by atoms with Gasteiger partial charge in [-0.05, 0) is 19.1 Å². The zero-order chi connectivity index (χ0) is 18.7. The number of ether oxygens (including phenoxy) is 2. The van der Waals surface area contributed by atoms with Crippen LogP contribution in [0.3, 0.4) is 0 Å². The van der Waals surface area contributed by atoms with Crippen LogP contribution in [0.5, 0.6) is 0 Å². The smallest absolute Gasteiger partial charge is 0.348 e. The van der Waals surface area contributed by atoms with E-state index in [0.29, 0.717) is 9.43 Å². The monoisotopic (exact) mass is 375 g/mol. The Kier molecular flexibility index (Phi) is 5.13. The van der Waals surface area contributed by atoms with E-state index in [9.17, 15) is 19.2 Å². The summed E-state index contributed by atoms with van der Waals surface area (Å²) in [5, 5.41) is 11.3. The molecular weight excluding hydrogens is 361 g/mol. The minimum atomic E-state index is -0.684. The molecule has 0 aliphatic heterocycles. The highest BCUT2D eigenvalue weighted by atomic mass is 32.1. The molecular formula is C18H14FNO5S. The highest BCUT2D eigenvalue weighted by Gasteiger charge is 2.23. The predicted octanol–water partition coefficient (Wildman–Crippen LogP) is 3.21. The Morgan fingerprint density at radius 2 is 1.88 bits per heavy atom. The molecule has 2 aromatic heterocycles. The van der Waals surface area contributed by atoms with Crippen molar-refractivity contribution < 1.29 is 28.2 Å². The summed E-state index contributed by atoms with van der Waals surface area (Å²) in [6.45, 7) is 1.55. The summed E-state index contributed by atoms with van der Waals surface area (Å²) in [5.41, 5.74) is 0.444. The van der Waals surface area contributed by atoms with E-state index in [1.807, 2.05) is 0 Å². The van der Waals surface area contributed by atoms with Crippen molar-refractivity contribution in [2.75, 3.05) is 6.61 Å². The van der Waals surface area contributed by atoms with E-state index in [-0.39, 0.29) is 34.6 Å². The average molecular weight is 375 g/mol. The molecule has 0 atom stereocenters. The van der Waals surface area contributed by atoms with Crippen LogP contribution in [0.4, 0.5) is 4.39 Å². The van der Waals surface area contributed by atoms with Gasteiger partial charge in [-0.15, -0.1) is 11.3 Å². The van der Waals surface area contributed by atoms with E-state index in [4.69, 9.17) is 9.47 Å². The first kappa shape index (κ1) is 17.8. The van der Waals surface area contributed by atoms with Crippen LogP contribution < -0.4 is 4.73 Å². The second kappa shape index (κ2) is 7.49. The normalized spacial score (nSPS) is 10.7. The topological polar surface area (TPSA) is 79.5 Å². The van der Waals surface area contributed by atoms with Crippen molar-refractivity contribution in [1.29, 1.82) is 0 Å². The van der Waals surface area contributed by atoms with Gasteiger partial charge in [0.2, 0.25) is 0 Å². The van der Waals surface area contributed by atoms with E-state index in [1.165, 1.54) is 30.6 Å². The quantitative estimate of drug-likeness (QED) is 0.389. The minimum Gasteiger partial charge on any atom is -0.619 e. The van der Waals surface area contributed by atoms with Crippen LogP contribution in [0.1, 0.15) is 32.5 Å². The van der Waals surface area contributed by atoms with Crippen LogP contribution in [-0.2, 0) is 16.1 Å². The maximum atomic E-state index is 14.3. The number of benzene rings is 1. The number of nitrogens with zero attached hydrogens (tertiary/aromatic N) is 1. The lowest BCUT2D eigenvalue weighted by atomic mass is 10.1. The summed E-state index contributed by atoms with van der Waals surface area (Å²) in [7, 11) is 0. The van der Waals surface area contributed by atoms with Gasteiger partial charge in [-0.2, -0.15) is 4.73 Å². The molecule has 134 valence electrons. The first-order valence-corrected chi connectivity index (χ1v) is 8.56. The van der Waals surface area contributed by atoms with Crippen molar-refractivity contribution >= 4 is 33.4 Å². The van der Waals surface area contributed by atoms with Gasteiger partial charge in [-0.3, -0.25) is 0 Å². The van der Waals surface area contributed by atoms with Crippen molar-refractivity contribution in [1.82, 2.24) is 0 Å². The van der Waals surface area contributed by atoms with Crippen molar-refractivity contribution in [3.05, 3.63) is 69.8 Å². The van der Waals surface area contributed by atoms with Crippen LogP contribution in [0.15, 0.2) is 42.7 Å². The minimum absolute atomic E-state index is 0.175. The summed E-state index contributed by atoms with van der Waals surface area (Å²) in [4.78, 5) is 24.5. The molecule has 1 aromatic carbocycles. The molecule has 6 nitrogen and oxygen atoms in total. The van der Waals surface area contributed by atoms with Crippen molar-refractivity contribution in [2.24, 2.45) is 0 Å². The van der Waals surface area contributed by atoms with Crippen LogP contribution in [0, 0.1) is 11.0 Å². The summed E-state index contributed by atoms with van der Waals surface area (Å²) >= 11 is 1.09. The molecule has 8 heteroatoms. The molecule has 3 rings (SSSR count). The fourth-order valence-corrected chi connectivity index (χ4v) is 3.55. The molecule has 0 saturated carbocycles. The van der Waals surface area contributed by atoms with Gasteiger partial charge in [0, 0.05) is 27.8 Å². The number of fused-ring (bicyclic) bond motifs is 1. The van der Waals surface area contributed by atoms with Gasteiger partial charge < -0.3 is 14.7 Å². The molecule has 0 amide bonds. The highest BCUT2D eigenvalue weighted by molar-refractivity contribution is 7.21. The van der Waals surface area contributed by atoms with Gasteiger partial charge in [0.15, 0.2) is 12.4 Å². The number of rotatable bonds is 5. The fourth-order valence-electron chi connectivity index (χ4n) is 2.44. The summed E-state index contributed by atoms with van der Waals surface area (Å²) in [6.07, 6.45) is 2.33. The van der Waals surface area contributed by atoms with Gasteiger partial charge in [-0.1, -0.05) is 6.07 Å². The Labute approximate surface area is 152 Å². The Morgan fingerprint density at radius 3 is 2.58 bits per heavy atom. The molecule has 3 aromatic rings. The summed E-state index contributed by atoms with van der Waals surface area (Å²) in [5.74, 6) is -1.78. The number of carbonyl (C=O) groups excluding carboxylic acids is 2. The fraction of sp³-hybridized carbons (Fsp3) is 0.167. The number of hydrogen-bond acceptors (Lipinski definition) is 6. The zero-order valence-corrected chi connectivity index (χ0v) is 14.5. The van der Waals surface area contributed by atoms with Crippen molar-refractivity contribution in [2.45, 2.75) is 13.5 Å². The van der Waals surface area contributed by atoms with Crippen LogP contribution in [-0.4, -0.2) is 18.5 Å². The van der Waals surface area contributed by atoms with E-state index >= 15 is 0 Å². The average Bonchev–Trinajstić information content (AvgIpc) is 3.00. The van der Waals surface area contributed by atoms with Crippen LogP contribution in [0.25, 0.3) is 10.1 Å². The van der Waals surface area contributed by atoms with Gasteiger partial charge >= 0.3 is 11.9 Å². The maximum Gasteiger partial charge on any atom is 0.348 e. The van der Waals surface area contributed by atoms with E-state index in [2.05, 4.69) is 0 Å². The Bertz CT molecular complexity index is 968. The number of carbonyl (C=O) groups is 2. The Morgan fingerprint density at radius 1 is 1.15 bits per heavy atom. The second-order valence-electron chi connectivity index (χ2n) is 5.27. The number of aromatic nitrogens is 1. The third-order valence-corrected chi connectivity index (χ3v) is 4.79. The highest BCUT2D eigenvalue weighted by Crippen LogP contribution is 2.34. The largest absolute Gasteiger partial charge is 0.619 e. The molecule has 0 aliphatic rings. The number of hydrogen-bond donors (Lipinski definition) is 0. The molecule has 0 spiro atoms. The van der Waals surface area contributed by atoms with E-state index in [0.717, 1.165) is 11.3 Å². The van der Waals surface area contributed by atoms with Gasteiger partial charge in [-0.25, -0.2) is 14.0 Å². The lowest BCUT2D eigenvalue weighted by Crippen LogP contribution is -2.24. The maximum absolute atomic E-state index is 14.3. The molecule has 0 unspecified atom stereocenters. The van der Waals surface area contributed by atoms with Gasteiger partial charge in [0.25, 0.3) is 0 Å². The van der Waals surface area contributed by atoms with E-state index < -0.39 is 17.8 Å². The van der Waals surface area contributed by atoms with Crippen LogP contribution >= 0.6 is 11.3 Å². The second-order valence-corrected chi connectivity index (χ2v) is 6.32. The molecule has 0 bridgehead atoms. The standard InChI is InChI=1S/C18H14FNO5S/c1-2-24-18(22)16-12(15-13(19)4-3-5-14(15)26-16)10-25-17(21)11-6-8-20(23)9-7-11/h3-9H,2,10H2,1H3. The summed E-state index contributed by atoms with van der Waals surface area (Å²) in [6, 6.07) is 7.13. The van der Waals surface area contributed by atoms with Crippen LogP contribution in [0.2, 0.25) is 0 Å². The predicted molar refractivity (Wildman–Crippen MR) is 92.3 cm³/mol. The molecule has 0 fully saturated rings. The van der Waals surface area contributed by atoms with Crippen molar-refractivity contribution in [3.63, 3.8) is 0 Å². The number of pyridine rings is 1. The Hall–Kier alpha value is -3.00. The third kappa shape index (κ3) is 3.50. The number of esters is 2. The first-order chi connectivity index (χ1) is 12.5. The van der Waals surface area contributed by atoms with Gasteiger partial charge in [0.05, 0.1) is 12.2 Å². The zero-order valence-electron chi connectivity index (χ0n) is 13.7. The molecule has 0 saturated heterocycles. The Balaban J connectivity index is 1.92. The molecule has 0 aliphatic carbocycles. The van der Waals surface area contributed by atoms with Gasteiger partial charge in [0.1, 0.15) is 17.3 Å². The third-order valence-electron chi connectivity index (χ3n) is 3.61. The lowest BCUT2D eigenvalue weighted by molar-refractivity contribution is -0.605.